The third-order valence-electron chi connectivity index (χ3n) is 3.55. The van der Waals surface area contributed by atoms with Crippen molar-refractivity contribution in [3.8, 4) is 6.07 Å². The van der Waals surface area contributed by atoms with E-state index in [0.29, 0.717) is 0 Å². The molecule has 0 bridgehead atoms. The number of nitriles is 1. The maximum atomic E-state index is 9.07. The molecule has 13 heavy (non-hydrogen) atoms. The highest BCUT2D eigenvalue weighted by Crippen LogP contribution is 2.42. The molecule has 0 spiro atoms. The lowest BCUT2D eigenvalue weighted by Crippen LogP contribution is -2.46. The quantitative estimate of drug-likeness (QED) is 0.636. The molecule has 0 amide bonds. The summed E-state index contributed by atoms with van der Waals surface area (Å²) in [6.07, 6.45) is 3.39. The zero-order valence-corrected chi connectivity index (χ0v) is 8.12. The molecule has 2 aliphatic heterocycles. The van der Waals surface area contributed by atoms with Gasteiger partial charge >= 0.3 is 0 Å². The maximum absolute atomic E-state index is 9.07. The molecule has 0 radical (unpaired) electrons. The molecule has 2 heterocycles. The Hall–Kier alpha value is -0.590. The van der Waals surface area contributed by atoms with Crippen LogP contribution in [-0.2, 0) is 4.74 Å². The smallest absolute Gasteiger partial charge is 0.0682 e. The first-order valence-corrected chi connectivity index (χ1v) is 4.97. The summed E-state index contributed by atoms with van der Waals surface area (Å²) in [6.45, 7) is 2.97. The second-order valence-corrected chi connectivity index (χ2v) is 4.10. The lowest BCUT2D eigenvalue weighted by atomic mass is 9.85. The largest absolute Gasteiger partial charge is 0.383 e. The van der Waals surface area contributed by atoms with Crippen LogP contribution in [-0.4, -0.2) is 37.2 Å². The predicted octanol–water partition coefficient (Wildman–Crippen LogP) is 1.01. The summed E-state index contributed by atoms with van der Waals surface area (Å²) in [7, 11) is 1.73. The third-order valence-corrected chi connectivity index (χ3v) is 3.55. The first-order valence-electron chi connectivity index (χ1n) is 4.97. The van der Waals surface area contributed by atoms with Crippen molar-refractivity contribution in [2.24, 2.45) is 5.92 Å². The highest BCUT2D eigenvalue weighted by atomic mass is 16.5. The zero-order valence-electron chi connectivity index (χ0n) is 8.12. The van der Waals surface area contributed by atoms with Crippen LogP contribution in [0, 0.1) is 17.2 Å². The fraction of sp³-hybridized carbons (Fsp3) is 0.900. The molecule has 0 aromatic carbocycles. The molecular weight excluding hydrogens is 164 g/mol. The average Bonchev–Trinajstić information content (AvgIpc) is 2.62. The first-order chi connectivity index (χ1) is 6.33. The third kappa shape index (κ3) is 1.17. The molecule has 0 saturated carbocycles. The van der Waals surface area contributed by atoms with E-state index in [9.17, 15) is 0 Å². The Labute approximate surface area is 79.3 Å². The van der Waals surface area contributed by atoms with E-state index in [1.807, 2.05) is 0 Å². The highest BCUT2D eigenvalue weighted by molar-refractivity contribution is 5.12. The van der Waals surface area contributed by atoms with Gasteiger partial charge in [0.25, 0.3) is 0 Å². The minimum absolute atomic E-state index is 0.0729. The normalized spacial score (nSPS) is 38.9. The van der Waals surface area contributed by atoms with Crippen molar-refractivity contribution in [3.63, 3.8) is 0 Å². The number of ether oxygens (including phenoxy) is 1. The van der Waals surface area contributed by atoms with Gasteiger partial charge in [-0.2, -0.15) is 5.26 Å². The summed E-state index contributed by atoms with van der Waals surface area (Å²) in [5, 5.41) is 9.07. The van der Waals surface area contributed by atoms with Crippen molar-refractivity contribution in [2.75, 3.05) is 26.8 Å². The summed E-state index contributed by atoms with van der Waals surface area (Å²) in [5.41, 5.74) is 0.0729. The van der Waals surface area contributed by atoms with Gasteiger partial charge in [-0.3, -0.25) is 4.90 Å². The molecular formula is C10H16N2O. The lowest BCUT2D eigenvalue weighted by molar-refractivity contribution is 0.0508. The van der Waals surface area contributed by atoms with Crippen LogP contribution in [0.5, 0.6) is 0 Å². The Bertz CT molecular complexity index is 236. The second kappa shape index (κ2) is 3.28. The van der Waals surface area contributed by atoms with Gasteiger partial charge in [-0.25, -0.2) is 0 Å². The monoisotopic (exact) mass is 180 g/mol. The molecule has 0 aromatic heterocycles. The van der Waals surface area contributed by atoms with E-state index >= 15 is 0 Å². The molecule has 2 atom stereocenters. The van der Waals surface area contributed by atoms with Crippen LogP contribution in [0.3, 0.4) is 0 Å². The summed E-state index contributed by atoms with van der Waals surface area (Å²) in [4.78, 5) is 2.45. The fourth-order valence-corrected chi connectivity index (χ4v) is 2.94. The van der Waals surface area contributed by atoms with Crippen molar-refractivity contribution in [3.05, 3.63) is 0 Å². The van der Waals surface area contributed by atoms with Gasteiger partial charge in [-0.05, 0) is 25.8 Å². The van der Waals surface area contributed by atoms with Gasteiger partial charge in [0.05, 0.1) is 24.1 Å². The number of hydrogen-bond donors (Lipinski definition) is 0. The van der Waals surface area contributed by atoms with E-state index < -0.39 is 0 Å². The Morgan fingerprint density at radius 2 is 2.46 bits per heavy atom. The van der Waals surface area contributed by atoms with Crippen molar-refractivity contribution in [1.82, 2.24) is 4.90 Å². The maximum Gasteiger partial charge on any atom is 0.0682 e. The Balaban J connectivity index is 2.21. The van der Waals surface area contributed by atoms with E-state index in [4.69, 9.17) is 10.00 Å². The molecule has 0 aliphatic carbocycles. The van der Waals surface area contributed by atoms with E-state index in [1.165, 1.54) is 6.42 Å². The molecule has 2 aliphatic rings. The molecule has 0 N–H and O–H groups in total. The topological polar surface area (TPSA) is 36.3 Å². The van der Waals surface area contributed by atoms with Crippen LogP contribution < -0.4 is 0 Å². The van der Waals surface area contributed by atoms with Gasteiger partial charge in [-0.1, -0.05) is 0 Å². The number of rotatable bonds is 2. The zero-order chi connectivity index (χ0) is 9.31. The molecule has 72 valence electrons. The van der Waals surface area contributed by atoms with Crippen LogP contribution in [0.15, 0.2) is 0 Å². The molecule has 3 nitrogen and oxygen atoms in total. The predicted molar refractivity (Wildman–Crippen MR) is 49.1 cm³/mol. The second-order valence-electron chi connectivity index (χ2n) is 4.10. The fourth-order valence-electron chi connectivity index (χ4n) is 2.94. The van der Waals surface area contributed by atoms with Crippen molar-refractivity contribution in [1.29, 1.82) is 5.26 Å². The first kappa shape index (κ1) is 8.98. The van der Waals surface area contributed by atoms with E-state index in [0.717, 1.165) is 32.5 Å². The standard InChI is InChI=1S/C10H16N2O/c1-13-8-10-4-2-5-12(10)6-3-9(10)7-11/h9H,2-6,8H2,1H3/t9-,10-/m1/s1. The molecule has 0 unspecified atom stereocenters. The average molecular weight is 180 g/mol. The lowest BCUT2D eigenvalue weighted by Gasteiger charge is -2.33. The van der Waals surface area contributed by atoms with Crippen molar-refractivity contribution < 1.29 is 4.74 Å². The van der Waals surface area contributed by atoms with E-state index in [-0.39, 0.29) is 11.5 Å². The summed E-state index contributed by atoms with van der Waals surface area (Å²) >= 11 is 0. The Morgan fingerprint density at radius 1 is 1.62 bits per heavy atom. The SMILES string of the molecule is COC[C@@]12CCCN1CC[C@@H]2C#N. The van der Waals surface area contributed by atoms with Crippen LogP contribution in [0.25, 0.3) is 0 Å². The van der Waals surface area contributed by atoms with E-state index in [1.54, 1.807) is 7.11 Å². The number of methoxy groups -OCH3 is 1. The Kier molecular flexibility index (Phi) is 2.27. The van der Waals surface area contributed by atoms with E-state index in [2.05, 4.69) is 11.0 Å². The minimum Gasteiger partial charge on any atom is -0.383 e. The van der Waals surface area contributed by atoms with Crippen molar-refractivity contribution >= 4 is 0 Å². The van der Waals surface area contributed by atoms with Gasteiger partial charge in [-0.15, -0.1) is 0 Å². The number of nitrogens with zero attached hydrogens (tertiary/aromatic N) is 2. The van der Waals surface area contributed by atoms with Crippen LogP contribution in [0.2, 0.25) is 0 Å². The number of hydrogen-bond acceptors (Lipinski definition) is 3. The summed E-state index contributed by atoms with van der Waals surface area (Å²) in [6, 6.07) is 2.44. The summed E-state index contributed by atoms with van der Waals surface area (Å²) < 4.78 is 5.27. The molecule has 2 saturated heterocycles. The van der Waals surface area contributed by atoms with Gasteiger partial charge in [0.2, 0.25) is 0 Å². The van der Waals surface area contributed by atoms with Gasteiger partial charge in [0.15, 0.2) is 0 Å². The van der Waals surface area contributed by atoms with Crippen LogP contribution in [0.4, 0.5) is 0 Å². The highest BCUT2D eigenvalue weighted by Gasteiger charge is 2.51. The van der Waals surface area contributed by atoms with Crippen LogP contribution in [0.1, 0.15) is 19.3 Å². The molecule has 2 fully saturated rings. The minimum atomic E-state index is 0.0729. The number of fused-ring (bicyclic) bond motifs is 1. The molecule has 3 heteroatoms. The van der Waals surface area contributed by atoms with Gasteiger partial charge in [0, 0.05) is 13.7 Å². The molecule has 0 aromatic rings. The molecule has 2 rings (SSSR count). The van der Waals surface area contributed by atoms with Gasteiger partial charge in [0.1, 0.15) is 0 Å². The van der Waals surface area contributed by atoms with Crippen LogP contribution >= 0.6 is 0 Å². The summed E-state index contributed by atoms with van der Waals surface area (Å²) in [5.74, 6) is 0.190. The van der Waals surface area contributed by atoms with Gasteiger partial charge < -0.3 is 4.74 Å². The Morgan fingerprint density at radius 3 is 3.15 bits per heavy atom. The van der Waals surface area contributed by atoms with Crippen molar-refractivity contribution in [2.45, 2.75) is 24.8 Å².